The summed E-state index contributed by atoms with van der Waals surface area (Å²) in [6, 6.07) is 9.54. The molecule has 0 spiro atoms. The molecule has 1 aliphatic heterocycles. The second-order valence-corrected chi connectivity index (χ2v) is 6.19. The van der Waals surface area contributed by atoms with Crippen molar-refractivity contribution in [1.82, 2.24) is 0 Å². The molecule has 0 saturated carbocycles. The van der Waals surface area contributed by atoms with Crippen molar-refractivity contribution in [1.29, 1.82) is 0 Å². The van der Waals surface area contributed by atoms with Crippen LogP contribution in [0.15, 0.2) is 30.3 Å². The normalized spacial score (nSPS) is 33.9. The van der Waals surface area contributed by atoms with Crippen LogP contribution in [0.1, 0.15) is 50.9 Å². The van der Waals surface area contributed by atoms with Gasteiger partial charge in [-0.15, -0.1) is 0 Å². The van der Waals surface area contributed by atoms with E-state index in [1.54, 1.807) is 0 Å². The molecule has 0 N–H and O–H groups in total. The van der Waals surface area contributed by atoms with Gasteiger partial charge in [-0.3, -0.25) is 4.79 Å². The first-order valence-corrected chi connectivity index (χ1v) is 7.78. The van der Waals surface area contributed by atoms with Crippen LogP contribution in [0.3, 0.4) is 0 Å². The lowest BCUT2D eigenvalue weighted by atomic mass is 9.74. The Kier molecular flexibility index (Phi) is 4.98. The van der Waals surface area contributed by atoms with Crippen molar-refractivity contribution in [3.05, 3.63) is 35.9 Å². The van der Waals surface area contributed by atoms with E-state index in [0.717, 1.165) is 12.0 Å². The monoisotopic (exact) mass is 274 g/mol. The smallest absolute Gasteiger partial charge is 0.165 e. The summed E-state index contributed by atoms with van der Waals surface area (Å²) in [5, 5.41) is 0. The maximum Gasteiger partial charge on any atom is 0.165 e. The Morgan fingerprint density at radius 1 is 1.00 bits per heavy atom. The van der Waals surface area contributed by atoms with Crippen molar-refractivity contribution in [2.24, 2.45) is 17.8 Å². The number of ether oxygens (including phenoxy) is 1. The van der Waals surface area contributed by atoms with Crippen LogP contribution in [0.4, 0.5) is 0 Å². The summed E-state index contributed by atoms with van der Waals surface area (Å²) in [5.41, 5.74) is 0.794. The minimum atomic E-state index is 0.0545. The summed E-state index contributed by atoms with van der Waals surface area (Å²) in [4.78, 5) is 12.4. The van der Waals surface area contributed by atoms with Gasteiger partial charge in [-0.1, -0.05) is 58.0 Å². The SMILES string of the molecule is CCC1OC(CC(=O)c2ccccc2)C(C)C(C)C1C. The highest BCUT2D eigenvalue weighted by molar-refractivity contribution is 5.96. The fourth-order valence-electron chi connectivity index (χ4n) is 3.25. The van der Waals surface area contributed by atoms with Crippen molar-refractivity contribution >= 4 is 5.78 Å². The molecule has 0 radical (unpaired) electrons. The summed E-state index contributed by atoms with van der Waals surface area (Å²) in [7, 11) is 0. The highest BCUT2D eigenvalue weighted by atomic mass is 16.5. The summed E-state index contributed by atoms with van der Waals surface area (Å²) in [6.45, 7) is 8.95. The lowest BCUT2D eigenvalue weighted by molar-refractivity contribution is -0.131. The lowest BCUT2D eigenvalue weighted by Crippen LogP contribution is -2.45. The van der Waals surface area contributed by atoms with Crippen LogP contribution < -0.4 is 0 Å². The molecule has 0 aromatic heterocycles. The van der Waals surface area contributed by atoms with E-state index in [9.17, 15) is 4.79 Å². The fraction of sp³-hybridized carbons (Fsp3) is 0.611. The largest absolute Gasteiger partial charge is 0.374 e. The molecule has 2 rings (SSSR count). The van der Waals surface area contributed by atoms with E-state index >= 15 is 0 Å². The number of hydrogen-bond acceptors (Lipinski definition) is 2. The lowest BCUT2D eigenvalue weighted by Gasteiger charge is -2.43. The maximum absolute atomic E-state index is 12.4. The van der Waals surface area contributed by atoms with Gasteiger partial charge in [-0.2, -0.15) is 0 Å². The molecular weight excluding hydrogens is 248 g/mol. The minimum Gasteiger partial charge on any atom is -0.374 e. The summed E-state index contributed by atoms with van der Waals surface area (Å²) in [6.07, 6.45) is 1.86. The standard InChI is InChI=1S/C18H26O2/c1-5-17-13(3)12(2)14(4)18(20-17)11-16(19)15-9-7-6-8-10-15/h6-10,12-14,17-18H,5,11H2,1-4H3. The number of hydrogen-bond donors (Lipinski definition) is 0. The van der Waals surface area contributed by atoms with Crippen molar-refractivity contribution < 1.29 is 9.53 Å². The number of rotatable bonds is 4. The third-order valence-electron chi connectivity index (χ3n) is 5.07. The minimum absolute atomic E-state index is 0.0545. The molecular formula is C18H26O2. The maximum atomic E-state index is 12.4. The van der Waals surface area contributed by atoms with Gasteiger partial charge in [0.1, 0.15) is 0 Å². The molecule has 20 heavy (non-hydrogen) atoms. The Morgan fingerprint density at radius 3 is 2.20 bits per heavy atom. The number of carbonyl (C=O) groups excluding carboxylic acids is 1. The predicted octanol–water partition coefficient (Wildman–Crippen LogP) is 4.35. The van der Waals surface area contributed by atoms with E-state index in [1.807, 2.05) is 30.3 Å². The van der Waals surface area contributed by atoms with Crippen LogP contribution in [0.2, 0.25) is 0 Å². The summed E-state index contributed by atoms with van der Waals surface area (Å²) < 4.78 is 6.20. The zero-order valence-electron chi connectivity index (χ0n) is 13.0. The van der Waals surface area contributed by atoms with E-state index in [-0.39, 0.29) is 18.0 Å². The molecule has 1 aromatic carbocycles. The Labute approximate surface area is 122 Å². The molecule has 1 saturated heterocycles. The number of benzene rings is 1. The van der Waals surface area contributed by atoms with Gasteiger partial charge in [0.25, 0.3) is 0 Å². The second kappa shape index (κ2) is 6.53. The van der Waals surface area contributed by atoms with Crippen molar-refractivity contribution in [3.8, 4) is 0 Å². The van der Waals surface area contributed by atoms with Crippen LogP contribution >= 0.6 is 0 Å². The van der Waals surface area contributed by atoms with Crippen molar-refractivity contribution in [2.45, 2.75) is 52.7 Å². The zero-order valence-corrected chi connectivity index (χ0v) is 13.0. The zero-order chi connectivity index (χ0) is 14.7. The summed E-state index contributed by atoms with van der Waals surface area (Å²) >= 11 is 0. The van der Waals surface area contributed by atoms with E-state index in [4.69, 9.17) is 4.74 Å². The molecule has 1 aromatic rings. The predicted molar refractivity (Wildman–Crippen MR) is 81.8 cm³/mol. The molecule has 5 unspecified atom stereocenters. The van der Waals surface area contributed by atoms with E-state index in [2.05, 4.69) is 27.7 Å². The third-order valence-corrected chi connectivity index (χ3v) is 5.07. The third kappa shape index (κ3) is 3.12. The second-order valence-electron chi connectivity index (χ2n) is 6.19. The van der Waals surface area contributed by atoms with Gasteiger partial charge < -0.3 is 4.74 Å². The first-order valence-electron chi connectivity index (χ1n) is 7.78. The van der Waals surface area contributed by atoms with Gasteiger partial charge in [0.05, 0.1) is 12.2 Å². The van der Waals surface area contributed by atoms with Gasteiger partial charge in [0, 0.05) is 12.0 Å². The average molecular weight is 274 g/mol. The van der Waals surface area contributed by atoms with E-state index in [1.165, 1.54) is 0 Å². The Balaban J connectivity index is 2.06. The van der Waals surface area contributed by atoms with E-state index in [0.29, 0.717) is 24.2 Å². The molecule has 2 heteroatoms. The fourth-order valence-corrected chi connectivity index (χ4v) is 3.25. The Bertz CT molecular complexity index is 438. The molecule has 0 amide bonds. The van der Waals surface area contributed by atoms with Gasteiger partial charge in [0.2, 0.25) is 0 Å². The molecule has 2 nitrogen and oxygen atoms in total. The first kappa shape index (κ1) is 15.2. The molecule has 0 aliphatic carbocycles. The molecule has 1 aliphatic rings. The van der Waals surface area contributed by atoms with Gasteiger partial charge in [0.15, 0.2) is 5.78 Å². The highest BCUT2D eigenvalue weighted by Gasteiger charge is 2.38. The van der Waals surface area contributed by atoms with Crippen LogP contribution in [0.25, 0.3) is 0 Å². The molecule has 110 valence electrons. The molecule has 1 fully saturated rings. The Hall–Kier alpha value is -1.15. The number of Topliss-reactive ketones (excluding diaryl/α,β-unsaturated/α-hetero) is 1. The van der Waals surface area contributed by atoms with Crippen molar-refractivity contribution in [2.75, 3.05) is 0 Å². The van der Waals surface area contributed by atoms with Crippen LogP contribution in [-0.4, -0.2) is 18.0 Å². The number of ketones is 1. The van der Waals surface area contributed by atoms with Crippen molar-refractivity contribution in [3.63, 3.8) is 0 Å². The summed E-state index contributed by atoms with van der Waals surface area (Å²) in [5.74, 6) is 1.79. The molecule has 1 heterocycles. The van der Waals surface area contributed by atoms with Crippen LogP contribution in [-0.2, 0) is 4.74 Å². The topological polar surface area (TPSA) is 26.3 Å². The van der Waals surface area contributed by atoms with E-state index < -0.39 is 0 Å². The van der Waals surface area contributed by atoms with Crippen LogP contribution in [0, 0.1) is 17.8 Å². The highest BCUT2D eigenvalue weighted by Crippen LogP contribution is 2.37. The van der Waals surface area contributed by atoms with Crippen LogP contribution in [0.5, 0.6) is 0 Å². The average Bonchev–Trinajstić information content (AvgIpc) is 2.48. The number of carbonyl (C=O) groups is 1. The molecule has 0 bridgehead atoms. The van der Waals surface area contributed by atoms with Gasteiger partial charge in [-0.25, -0.2) is 0 Å². The van der Waals surface area contributed by atoms with Gasteiger partial charge in [-0.05, 0) is 24.2 Å². The quantitative estimate of drug-likeness (QED) is 0.763. The Morgan fingerprint density at radius 2 is 1.60 bits per heavy atom. The van der Waals surface area contributed by atoms with Gasteiger partial charge >= 0.3 is 0 Å². The molecule has 5 atom stereocenters. The first-order chi connectivity index (χ1) is 9.54.